The van der Waals surface area contributed by atoms with E-state index in [1.165, 1.54) is 5.56 Å². The van der Waals surface area contributed by atoms with Gasteiger partial charge in [-0.2, -0.15) is 0 Å². The molecular weight excluding hydrogens is 242 g/mol. The van der Waals surface area contributed by atoms with E-state index in [4.69, 9.17) is 0 Å². The second-order valence-corrected chi connectivity index (χ2v) is 5.97. The van der Waals surface area contributed by atoms with Crippen LogP contribution in [0.5, 0.6) is 0 Å². The molecule has 0 heterocycles. The molecule has 0 aliphatic rings. The van der Waals surface area contributed by atoms with Gasteiger partial charge in [0.25, 0.3) is 0 Å². The minimum atomic E-state index is 0.0178. The van der Waals surface area contributed by atoms with Crippen molar-refractivity contribution in [2.75, 3.05) is 7.05 Å². The zero-order valence-corrected chi connectivity index (χ0v) is 12.5. The molecule has 1 rings (SSSR count). The van der Waals surface area contributed by atoms with Crippen LogP contribution in [0.4, 0.5) is 0 Å². The SMILES string of the molecule is CCC(C)N(C)C(=O)C(C)SCc1ccccc1. The van der Waals surface area contributed by atoms with E-state index in [0.29, 0.717) is 6.04 Å². The normalized spacial score (nSPS) is 14.0. The number of rotatable bonds is 6. The molecule has 2 nitrogen and oxygen atoms in total. The van der Waals surface area contributed by atoms with Gasteiger partial charge < -0.3 is 4.90 Å². The number of hydrogen-bond donors (Lipinski definition) is 0. The van der Waals surface area contributed by atoms with Gasteiger partial charge in [0.1, 0.15) is 0 Å². The van der Waals surface area contributed by atoms with Crippen LogP contribution < -0.4 is 0 Å². The zero-order valence-electron chi connectivity index (χ0n) is 11.7. The summed E-state index contributed by atoms with van der Waals surface area (Å²) in [5.74, 6) is 1.12. The largest absolute Gasteiger partial charge is 0.342 e. The molecule has 3 heteroatoms. The number of carbonyl (C=O) groups is 1. The molecule has 1 aromatic rings. The van der Waals surface area contributed by atoms with Crippen molar-refractivity contribution in [2.45, 2.75) is 44.2 Å². The van der Waals surface area contributed by atoms with Gasteiger partial charge in [0.2, 0.25) is 5.91 Å². The van der Waals surface area contributed by atoms with Crippen molar-refractivity contribution < 1.29 is 4.79 Å². The molecule has 0 aliphatic carbocycles. The van der Waals surface area contributed by atoms with Crippen molar-refractivity contribution in [3.63, 3.8) is 0 Å². The van der Waals surface area contributed by atoms with Gasteiger partial charge in [-0.1, -0.05) is 37.3 Å². The predicted molar refractivity (Wildman–Crippen MR) is 79.7 cm³/mol. The van der Waals surface area contributed by atoms with E-state index < -0.39 is 0 Å². The summed E-state index contributed by atoms with van der Waals surface area (Å²) < 4.78 is 0. The van der Waals surface area contributed by atoms with Crippen LogP contribution >= 0.6 is 11.8 Å². The maximum Gasteiger partial charge on any atom is 0.235 e. The number of amides is 1. The first-order valence-corrected chi connectivity index (χ1v) is 7.53. The van der Waals surface area contributed by atoms with Gasteiger partial charge in [-0.3, -0.25) is 4.79 Å². The summed E-state index contributed by atoms with van der Waals surface area (Å²) >= 11 is 1.70. The molecule has 0 bridgehead atoms. The second-order valence-electron chi connectivity index (χ2n) is 4.65. The monoisotopic (exact) mass is 265 g/mol. The highest BCUT2D eigenvalue weighted by Gasteiger charge is 2.20. The Labute approximate surface area is 115 Å². The van der Waals surface area contributed by atoms with Gasteiger partial charge in [0.05, 0.1) is 5.25 Å². The maximum atomic E-state index is 12.2. The van der Waals surface area contributed by atoms with E-state index >= 15 is 0 Å². The highest BCUT2D eigenvalue weighted by Crippen LogP contribution is 2.19. The molecule has 2 atom stereocenters. The van der Waals surface area contributed by atoms with E-state index in [0.717, 1.165) is 12.2 Å². The van der Waals surface area contributed by atoms with Crippen LogP contribution in [0, 0.1) is 0 Å². The number of hydrogen-bond acceptors (Lipinski definition) is 2. The molecule has 0 aromatic heterocycles. The Bertz CT molecular complexity index is 366. The highest BCUT2D eigenvalue weighted by atomic mass is 32.2. The van der Waals surface area contributed by atoms with Gasteiger partial charge in [-0.25, -0.2) is 0 Å². The van der Waals surface area contributed by atoms with Gasteiger partial charge in [-0.15, -0.1) is 11.8 Å². The molecule has 0 N–H and O–H groups in total. The third kappa shape index (κ3) is 4.37. The Balaban J connectivity index is 2.45. The molecule has 0 radical (unpaired) electrons. The number of carbonyl (C=O) groups excluding carboxylic acids is 1. The number of benzene rings is 1. The lowest BCUT2D eigenvalue weighted by Crippen LogP contribution is -2.39. The Morgan fingerprint density at radius 3 is 2.44 bits per heavy atom. The Morgan fingerprint density at radius 2 is 1.89 bits per heavy atom. The second kappa shape index (κ2) is 7.47. The van der Waals surface area contributed by atoms with Crippen LogP contribution in [-0.4, -0.2) is 29.1 Å². The maximum absolute atomic E-state index is 12.2. The standard InChI is InChI=1S/C15H23NOS/c1-5-12(2)16(4)15(17)13(3)18-11-14-9-7-6-8-10-14/h6-10,12-13H,5,11H2,1-4H3. The smallest absolute Gasteiger partial charge is 0.235 e. The topological polar surface area (TPSA) is 20.3 Å². The molecule has 1 aromatic carbocycles. The first-order chi connectivity index (χ1) is 8.56. The van der Waals surface area contributed by atoms with Crippen molar-refractivity contribution in [3.8, 4) is 0 Å². The molecule has 18 heavy (non-hydrogen) atoms. The van der Waals surface area contributed by atoms with E-state index in [1.54, 1.807) is 11.8 Å². The third-order valence-electron chi connectivity index (χ3n) is 3.29. The molecule has 0 saturated heterocycles. The molecule has 1 amide bonds. The quantitative estimate of drug-likeness (QED) is 0.784. The lowest BCUT2D eigenvalue weighted by Gasteiger charge is -2.26. The Kier molecular flexibility index (Phi) is 6.27. The molecule has 0 saturated carbocycles. The van der Waals surface area contributed by atoms with Crippen LogP contribution in [0.15, 0.2) is 30.3 Å². The minimum absolute atomic E-state index is 0.0178. The van der Waals surface area contributed by atoms with Crippen LogP contribution in [0.2, 0.25) is 0 Å². The summed E-state index contributed by atoms with van der Waals surface area (Å²) in [6, 6.07) is 10.6. The number of nitrogens with zero attached hydrogens (tertiary/aromatic N) is 1. The fourth-order valence-corrected chi connectivity index (χ4v) is 2.59. The molecule has 2 unspecified atom stereocenters. The lowest BCUT2D eigenvalue weighted by molar-refractivity contribution is -0.130. The summed E-state index contributed by atoms with van der Waals surface area (Å²) in [5, 5.41) is 0.0178. The van der Waals surface area contributed by atoms with Gasteiger partial charge in [0, 0.05) is 18.8 Å². The van der Waals surface area contributed by atoms with Crippen LogP contribution in [-0.2, 0) is 10.5 Å². The van der Waals surface area contributed by atoms with Crippen molar-refractivity contribution in [2.24, 2.45) is 0 Å². The third-order valence-corrected chi connectivity index (χ3v) is 4.49. The van der Waals surface area contributed by atoms with E-state index in [-0.39, 0.29) is 11.2 Å². The fraction of sp³-hybridized carbons (Fsp3) is 0.533. The average molecular weight is 265 g/mol. The first kappa shape index (κ1) is 15.1. The van der Waals surface area contributed by atoms with Gasteiger partial charge in [0.15, 0.2) is 0 Å². The van der Waals surface area contributed by atoms with Crippen molar-refractivity contribution in [1.29, 1.82) is 0 Å². The average Bonchev–Trinajstić information content (AvgIpc) is 2.43. The molecule has 0 spiro atoms. The molecular formula is C15H23NOS. The molecule has 100 valence electrons. The first-order valence-electron chi connectivity index (χ1n) is 6.48. The lowest BCUT2D eigenvalue weighted by atomic mass is 10.2. The number of thioether (sulfide) groups is 1. The summed E-state index contributed by atoms with van der Waals surface area (Å²) in [4.78, 5) is 14.0. The van der Waals surface area contributed by atoms with Crippen LogP contribution in [0.1, 0.15) is 32.8 Å². The minimum Gasteiger partial charge on any atom is -0.342 e. The molecule has 0 fully saturated rings. The van der Waals surface area contributed by atoms with Gasteiger partial charge >= 0.3 is 0 Å². The van der Waals surface area contributed by atoms with E-state index in [2.05, 4.69) is 26.0 Å². The summed E-state index contributed by atoms with van der Waals surface area (Å²) in [6.45, 7) is 6.19. The Morgan fingerprint density at radius 1 is 1.28 bits per heavy atom. The summed E-state index contributed by atoms with van der Waals surface area (Å²) in [7, 11) is 1.90. The van der Waals surface area contributed by atoms with Crippen LogP contribution in [0.3, 0.4) is 0 Å². The summed E-state index contributed by atoms with van der Waals surface area (Å²) in [5.41, 5.74) is 1.27. The molecule has 0 aliphatic heterocycles. The van der Waals surface area contributed by atoms with E-state index in [9.17, 15) is 4.79 Å². The summed E-state index contributed by atoms with van der Waals surface area (Å²) in [6.07, 6.45) is 0.998. The highest BCUT2D eigenvalue weighted by molar-refractivity contribution is 7.99. The van der Waals surface area contributed by atoms with Crippen molar-refractivity contribution in [3.05, 3.63) is 35.9 Å². The van der Waals surface area contributed by atoms with Crippen molar-refractivity contribution in [1.82, 2.24) is 4.90 Å². The van der Waals surface area contributed by atoms with Crippen molar-refractivity contribution >= 4 is 17.7 Å². The zero-order chi connectivity index (χ0) is 13.5. The van der Waals surface area contributed by atoms with E-state index in [1.807, 2.05) is 37.1 Å². The van der Waals surface area contributed by atoms with Crippen LogP contribution in [0.25, 0.3) is 0 Å². The van der Waals surface area contributed by atoms with Gasteiger partial charge in [-0.05, 0) is 25.8 Å². The predicted octanol–water partition coefficient (Wildman–Crippen LogP) is 3.57. The fourth-order valence-electron chi connectivity index (χ4n) is 1.64. The Hall–Kier alpha value is -0.960.